The molecule has 0 unspecified atom stereocenters. The van der Waals surface area contributed by atoms with Crippen LogP contribution in [0.1, 0.15) is 39.5 Å². The van der Waals surface area contributed by atoms with Gasteiger partial charge in [0.2, 0.25) is 5.91 Å². The van der Waals surface area contributed by atoms with Crippen LogP contribution >= 0.6 is 0 Å². The van der Waals surface area contributed by atoms with Gasteiger partial charge in [0.1, 0.15) is 6.10 Å². The summed E-state index contributed by atoms with van der Waals surface area (Å²) < 4.78 is 18.3. The molecular formula is C15H20FN3O2. The lowest BCUT2D eigenvalue weighted by Crippen LogP contribution is -2.39. The van der Waals surface area contributed by atoms with Crippen molar-refractivity contribution in [2.75, 3.05) is 0 Å². The summed E-state index contributed by atoms with van der Waals surface area (Å²) in [6.45, 7) is 3.79. The number of carbonyl (C=O) groups is 1. The van der Waals surface area contributed by atoms with Crippen LogP contribution in [-0.4, -0.2) is 28.0 Å². The number of ether oxygens (including phenoxy) is 1. The van der Waals surface area contributed by atoms with E-state index in [1.165, 1.54) is 0 Å². The molecule has 21 heavy (non-hydrogen) atoms. The Morgan fingerprint density at radius 3 is 2.48 bits per heavy atom. The van der Waals surface area contributed by atoms with Crippen LogP contribution in [-0.2, 0) is 4.79 Å². The van der Waals surface area contributed by atoms with Gasteiger partial charge in [0.25, 0.3) is 0 Å². The second-order valence-corrected chi connectivity index (χ2v) is 5.51. The highest BCUT2D eigenvalue weighted by Gasteiger charge is 2.23. The Kier molecular flexibility index (Phi) is 5.25. The average molecular weight is 293 g/mol. The Hall–Kier alpha value is -1.98. The van der Waals surface area contributed by atoms with E-state index in [9.17, 15) is 9.18 Å². The summed E-state index contributed by atoms with van der Waals surface area (Å²) in [5.41, 5.74) is 0.984. The zero-order valence-electron chi connectivity index (χ0n) is 12.3. The molecule has 1 aromatic rings. The molecule has 0 aliphatic heterocycles. The van der Waals surface area contributed by atoms with Crippen LogP contribution in [0.2, 0.25) is 0 Å². The van der Waals surface area contributed by atoms with Gasteiger partial charge in [-0.25, -0.2) is 14.4 Å². The normalized spacial score (nSPS) is 21.5. The van der Waals surface area contributed by atoms with E-state index in [4.69, 9.17) is 4.74 Å². The maximum Gasteiger partial charge on any atom is 0.316 e. The summed E-state index contributed by atoms with van der Waals surface area (Å²) in [6, 6.07) is 0.385. The molecule has 0 spiro atoms. The first-order valence-corrected chi connectivity index (χ1v) is 7.12. The number of halogens is 1. The number of hydrogen-bond donors (Lipinski definition) is 1. The van der Waals surface area contributed by atoms with Gasteiger partial charge in [0.15, 0.2) is 5.82 Å². The monoisotopic (exact) mass is 293 g/mol. The molecule has 1 N–H and O–H groups in total. The van der Waals surface area contributed by atoms with Gasteiger partial charge in [-0.1, -0.05) is 5.57 Å². The van der Waals surface area contributed by atoms with Gasteiger partial charge >= 0.3 is 6.01 Å². The van der Waals surface area contributed by atoms with Gasteiger partial charge in [-0.15, -0.1) is 0 Å². The lowest BCUT2D eigenvalue weighted by molar-refractivity contribution is -0.117. The van der Waals surface area contributed by atoms with Crippen LogP contribution in [0, 0.1) is 5.82 Å². The largest absolute Gasteiger partial charge is 0.460 e. The van der Waals surface area contributed by atoms with Crippen LogP contribution < -0.4 is 10.1 Å². The smallest absolute Gasteiger partial charge is 0.316 e. The molecule has 1 saturated carbocycles. The Morgan fingerprint density at radius 2 is 1.90 bits per heavy atom. The molecular weight excluding hydrogens is 273 g/mol. The molecule has 0 radical (unpaired) electrons. The number of amides is 1. The highest BCUT2D eigenvalue weighted by Crippen LogP contribution is 2.22. The van der Waals surface area contributed by atoms with E-state index in [2.05, 4.69) is 15.3 Å². The van der Waals surface area contributed by atoms with Crippen molar-refractivity contribution < 1.29 is 13.9 Å². The Bertz CT molecular complexity index is 504. The van der Waals surface area contributed by atoms with Crippen molar-refractivity contribution in [2.45, 2.75) is 51.7 Å². The minimum Gasteiger partial charge on any atom is -0.460 e. The van der Waals surface area contributed by atoms with Gasteiger partial charge < -0.3 is 10.1 Å². The molecule has 5 nitrogen and oxygen atoms in total. The van der Waals surface area contributed by atoms with Crippen LogP contribution in [0.25, 0.3) is 0 Å². The maximum absolute atomic E-state index is 12.7. The molecule has 6 heteroatoms. The second kappa shape index (κ2) is 7.15. The van der Waals surface area contributed by atoms with Crippen molar-refractivity contribution in [2.24, 2.45) is 0 Å². The fourth-order valence-corrected chi connectivity index (χ4v) is 2.34. The SMILES string of the molecule is CC(C)=CC(=O)NC1CCC(Oc2ncc(F)cn2)CC1. The van der Waals surface area contributed by atoms with Crippen molar-refractivity contribution in [1.29, 1.82) is 0 Å². The summed E-state index contributed by atoms with van der Waals surface area (Å²) in [5.74, 6) is -0.519. The van der Waals surface area contributed by atoms with Crippen molar-refractivity contribution >= 4 is 5.91 Å². The van der Waals surface area contributed by atoms with E-state index in [0.29, 0.717) is 0 Å². The number of carbonyl (C=O) groups excluding carboxylic acids is 1. The zero-order chi connectivity index (χ0) is 15.2. The van der Waals surface area contributed by atoms with Gasteiger partial charge in [0.05, 0.1) is 12.4 Å². The fraction of sp³-hybridized carbons (Fsp3) is 0.533. The fourth-order valence-electron chi connectivity index (χ4n) is 2.34. The third kappa shape index (κ3) is 5.13. The maximum atomic E-state index is 12.7. The predicted molar refractivity (Wildman–Crippen MR) is 76.2 cm³/mol. The van der Waals surface area contributed by atoms with E-state index in [0.717, 1.165) is 43.7 Å². The van der Waals surface area contributed by atoms with Crippen molar-refractivity contribution in [3.05, 3.63) is 29.9 Å². The first-order valence-electron chi connectivity index (χ1n) is 7.12. The molecule has 1 amide bonds. The Labute approximate surface area is 123 Å². The van der Waals surface area contributed by atoms with Gasteiger partial charge in [-0.3, -0.25) is 4.79 Å². The lowest BCUT2D eigenvalue weighted by Gasteiger charge is -2.28. The molecule has 1 aliphatic carbocycles. The lowest BCUT2D eigenvalue weighted by atomic mass is 9.93. The third-order valence-corrected chi connectivity index (χ3v) is 3.31. The second-order valence-electron chi connectivity index (χ2n) is 5.51. The minimum absolute atomic E-state index is 0.0204. The van der Waals surface area contributed by atoms with Crippen molar-refractivity contribution in [3.63, 3.8) is 0 Å². The zero-order valence-corrected chi connectivity index (χ0v) is 12.3. The molecule has 1 heterocycles. The number of hydrogen-bond acceptors (Lipinski definition) is 4. The van der Waals surface area contributed by atoms with Crippen LogP contribution in [0.5, 0.6) is 6.01 Å². The van der Waals surface area contributed by atoms with Gasteiger partial charge in [0, 0.05) is 12.1 Å². The molecule has 1 aromatic heterocycles. The van der Waals surface area contributed by atoms with Gasteiger partial charge in [-0.2, -0.15) is 0 Å². The number of rotatable bonds is 4. The molecule has 0 saturated heterocycles. The molecule has 0 aromatic carbocycles. The van der Waals surface area contributed by atoms with Gasteiger partial charge in [-0.05, 0) is 39.5 Å². The van der Waals surface area contributed by atoms with E-state index < -0.39 is 5.82 Å². The van der Waals surface area contributed by atoms with Crippen LogP contribution in [0.4, 0.5) is 4.39 Å². The Balaban J connectivity index is 1.76. The predicted octanol–water partition coefficient (Wildman–Crippen LogP) is 2.39. The van der Waals surface area contributed by atoms with Crippen LogP contribution in [0.15, 0.2) is 24.0 Å². The first kappa shape index (κ1) is 15.4. The van der Waals surface area contributed by atoms with E-state index in [-0.39, 0.29) is 24.1 Å². The first-order chi connectivity index (χ1) is 10.0. The molecule has 1 fully saturated rings. The summed E-state index contributed by atoms with van der Waals surface area (Å²) in [5, 5.41) is 2.99. The topological polar surface area (TPSA) is 64.1 Å². The van der Waals surface area contributed by atoms with Crippen molar-refractivity contribution in [3.8, 4) is 6.01 Å². The molecule has 0 bridgehead atoms. The van der Waals surface area contributed by atoms with E-state index in [1.54, 1.807) is 6.08 Å². The summed E-state index contributed by atoms with van der Waals surface area (Å²) >= 11 is 0. The summed E-state index contributed by atoms with van der Waals surface area (Å²) in [4.78, 5) is 19.2. The molecule has 114 valence electrons. The summed E-state index contributed by atoms with van der Waals surface area (Å²) in [6.07, 6.45) is 7.16. The standard InChI is InChI=1S/C15H20FN3O2/c1-10(2)7-14(20)19-12-3-5-13(6-4-12)21-15-17-8-11(16)9-18-15/h7-9,12-13H,3-6H2,1-2H3,(H,19,20). The molecule has 0 atom stereocenters. The van der Waals surface area contributed by atoms with E-state index in [1.807, 2.05) is 13.8 Å². The molecule has 1 aliphatic rings. The van der Waals surface area contributed by atoms with Crippen LogP contribution in [0.3, 0.4) is 0 Å². The highest BCUT2D eigenvalue weighted by atomic mass is 19.1. The molecule has 2 rings (SSSR count). The van der Waals surface area contributed by atoms with Crippen molar-refractivity contribution in [1.82, 2.24) is 15.3 Å². The number of allylic oxidation sites excluding steroid dienone is 1. The van der Waals surface area contributed by atoms with E-state index >= 15 is 0 Å². The quantitative estimate of drug-likeness (QED) is 0.866. The minimum atomic E-state index is -0.479. The number of nitrogens with one attached hydrogen (secondary N) is 1. The number of aromatic nitrogens is 2. The third-order valence-electron chi connectivity index (χ3n) is 3.31. The highest BCUT2D eigenvalue weighted by molar-refractivity contribution is 5.88. The number of nitrogens with zero attached hydrogens (tertiary/aromatic N) is 2. The average Bonchev–Trinajstić information content (AvgIpc) is 2.42. The Morgan fingerprint density at radius 1 is 1.29 bits per heavy atom. The summed E-state index contributed by atoms with van der Waals surface area (Å²) in [7, 11) is 0.